The molecule has 0 saturated carbocycles. The van der Waals surface area contributed by atoms with Crippen LogP contribution in [0.1, 0.15) is 45.1 Å². The predicted molar refractivity (Wildman–Crippen MR) is 143 cm³/mol. The number of anilines is 1. The van der Waals surface area contributed by atoms with Gasteiger partial charge in [0, 0.05) is 17.3 Å². The van der Waals surface area contributed by atoms with E-state index in [0.29, 0.717) is 42.9 Å². The number of carbonyl (C=O) groups is 3. The first-order valence-corrected chi connectivity index (χ1v) is 13.7. The van der Waals surface area contributed by atoms with Gasteiger partial charge in [0.25, 0.3) is 0 Å². The van der Waals surface area contributed by atoms with Crippen molar-refractivity contribution in [2.24, 2.45) is 11.8 Å². The van der Waals surface area contributed by atoms with Crippen LogP contribution in [0.15, 0.2) is 54.6 Å². The number of carbonyl (C=O) groups excluding carboxylic acids is 3. The van der Waals surface area contributed by atoms with Crippen molar-refractivity contribution in [2.75, 3.05) is 11.9 Å². The molecule has 2 bridgehead atoms. The summed E-state index contributed by atoms with van der Waals surface area (Å²) in [5, 5.41) is 16.7. The Bertz CT molecular complexity index is 1200. The Morgan fingerprint density at radius 2 is 1.82 bits per heavy atom. The Balaban J connectivity index is 1.50. The average Bonchev–Trinajstić information content (AvgIpc) is 3.54. The van der Waals surface area contributed by atoms with E-state index in [-0.39, 0.29) is 18.4 Å². The molecule has 202 valence electrons. The second-order valence-corrected chi connectivity index (χ2v) is 11.0. The van der Waals surface area contributed by atoms with E-state index in [1.807, 2.05) is 44.2 Å². The number of benzene rings is 2. The highest BCUT2D eigenvalue weighted by Gasteiger charge is 2.79. The third kappa shape index (κ3) is 4.19. The summed E-state index contributed by atoms with van der Waals surface area (Å²) in [6.07, 6.45) is 2.06. The van der Waals surface area contributed by atoms with Crippen molar-refractivity contribution in [3.05, 3.63) is 65.2 Å². The Hall–Kier alpha value is -2.94. The van der Waals surface area contributed by atoms with Crippen molar-refractivity contribution in [3.63, 3.8) is 0 Å². The van der Waals surface area contributed by atoms with E-state index >= 15 is 0 Å². The Morgan fingerprint density at radius 1 is 1.11 bits per heavy atom. The number of halogens is 1. The second-order valence-electron chi connectivity index (χ2n) is 10.5. The number of nitrogens with one attached hydrogen (secondary N) is 2. The van der Waals surface area contributed by atoms with E-state index in [2.05, 4.69) is 10.6 Å². The van der Waals surface area contributed by atoms with Crippen molar-refractivity contribution in [1.82, 2.24) is 10.2 Å². The molecule has 38 heavy (non-hydrogen) atoms. The lowest BCUT2D eigenvalue weighted by atomic mass is 9.65. The van der Waals surface area contributed by atoms with Crippen LogP contribution in [0.5, 0.6) is 0 Å². The number of aliphatic hydroxyl groups excluding tert-OH is 1. The molecule has 8 nitrogen and oxygen atoms in total. The number of fused-ring (bicyclic) bond motifs is 1. The number of hydrogen-bond acceptors (Lipinski definition) is 5. The fraction of sp³-hybridized carbons (Fsp3) is 0.483. The van der Waals surface area contributed by atoms with E-state index < -0.39 is 41.0 Å². The predicted octanol–water partition coefficient (Wildman–Crippen LogP) is 3.52. The van der Waals surface area contributed by atoms with Gasteiger partial charge in [-0.2, -0.15) is 0 Å². The highest BCUT2D eigenvalue weighted by molar-refractivity contribution is 6.30. The van der Waals surface area contributed by atoms with E-state index in [0.717, 1.165) is 5.56 Å². The second kappa shape index (κ2) is 10.3. The molecular weight excluding hydrogens is 506 g/mol. The van der Waals surface area contributed by atoms with E-state index in [1.54, 1.807) is 24.3 Å². The van der Waals surface area contributed by atoms with Crippen LogP contribution in [0, 0.1) is 11.8 Å². The van der Waals surface area contributed by atoms with Crippen molar-refractivity contribution in [2.45, 2.75) is 69.4 Å². The molecule has 0 aromatic heterocycles. The molecule has 3 amide bonds. The van der Waals surface area contributed by atoms with Gasteiger partial charge in [0.15, 0.2) is 0 Å². The minimum absolute atomic E-state index is 0.244. The minimum atomic E-state index is -1.15. The fourth-order valence-electron chi connectivity index (χ4n) is 6.80. The molecule has 0 aliphatic carbocycles. The Labute approximate surface area is 227 Å². The van der Waals surface area contributed by atoms with Gasteiger partial charge in [0.05, 0.1) is 30.1 Å². The van der Waals surface area contributed by atoms with E-state index in [1.165, 1.54) is 4.90 Å². The number of hydrogen-bond donors (Lipinski definition) is 3. The van der Waals surface area contributed by atoms with Crippen LogP contribution in [0.4, 0.5) is 5.69 Å². The first-order valence-electron chi connectivity index (χ1n) is 13.3. The van der Waals surface area contributed by atoms with Crippen molar-refractivity contribution in [3.8, 4) is 0 Å². The minimum Gasteiger partial charge on any atom is -0.394 e. The van der Waals surface area contributed by atoms with Crippen LogP contribution in [0.25, 0.3) is 0 Å². The summed E-state index contributed by atoms with van der Waals surface area (Å²) in [6, 6.07) is 14.8. The summed E-state index contributed by atoms with van der Waals surface area (Å²) in [6.45, 7) is 3.87. The van der Waals surface area contributed by atoms with Gasteiger partial charge in [-0.3, -0.25) is 14.4 Å². The molecule has 2 unspecified atom stereocenters. The lowest BCUT2D eigenvalue weighted by Crippen LogP contribution is -2.56. The van der Waals surface area contributed by atoms with Crippen LogP contribution in [-0.4, -0.2) is 57.6 Å². The molecule has 9 heteroatoms. The van der Waals surface area contributed by atoms with Gasteiger partial charge in [-0.25, -0.2) is 0 Å². The van der Waals surface area contributed by atoms with Crippen molar-refractivity contribution in [1.29, 1.82) is 0 Å². The van der Waals surface area contributed by atoms with Gasteiger partial charge in [0.1, 0.15) is 11.6 Å². The normalized spacial score (nSPS) is 30.3. The topological polar surface area (TPSA) is 108 Å². The number of ether oxygens (including phenoxy) is 1. The Kier molecular flexibility index (Phi) is 7.24. The van der Waals surface area contributed by atoms with Crippen LogP contribution in [0.3, 0.4) is 0 Å². The molecule has 3 aliphatic rings. The number of nitrogens with zero attached hydrogens (tertiary/aromatic N) is 1. The van der Waals surface area contributed by atoms with Gasteiger partial charge >= 0.3 is 0 Å². The molecule has 3 fully saturated rings. The summed E-state index contributed by atoms with van der Waals surface area (Å²) < 4.78 is 6.75. The zero-order valence-corrected chi connectivity index (χ0v) is 22.4. The molecular formula is C29H34ClN3O5. The van der Waals surface area contributed by atoms with Crippen LogP contribution < -0.4 is 10.6 Å². The molecule has 3 aliphatic heterocycles. The van der Waals surface area contributed by atoms with Gasteiger partial charge in [0.2, 0.25) is 17.7 Å². The molecule has 3 saturated heterocycles. The monoisotopic (exact) mass is 539 g/mol. The smallest absolute Gasteiger partial charge is 0.250 e. The summed E-state index contributed by atoms with van der Waals surface area (Å²) in [7, 11) is 0. The summed E-state index contributed by atoms with van der Waals surface area (Å²) in [4.78, 5) is 43.3. The Morgan fingerprint density at radius 3 is 2.45 bits per heavy atom. The number of rotatable bonds is 9. The molecule has 2 aromatic rings. The summed E-state index contributed by atoms with van der Waals surface area (Å²) in [5.74, 6) is -2.49. The first kappa shape index (κ1) is 26.7. The molecule has 1 spiro atoms. The zero-order valence-electron chi connectivity index (χ0n) is 21.7. The number of likely N-dealkylation sites (tertiary alicyclic amines) is 1. The molecule has 3 N–H and O–H groups in total. The first-order chi connectivity index (χ1) is 18.3. The zero-order chi connectivity index (χ0) is 27.1. The average molecular weight is 540 g/mol. The van der Waals surface area contributed by atoms with Crippen molar-refractivity contribution < 1.29 is 24.2 Å². The van der Waals surface area contributed by atoms with Crippen molar-refractivity contribution >= 4 is 35.0 Å². The van der Waals surface area contributed by atoms with Crippen LogP contribution in [0.2, 0.25) is 5.02 Å². The number of amides is 3. The summed E-state index contributed by atoms with van der Waals surface area (Å²) in [5.41, 5.74) is -0.483. The molecule has 2 aromatic carbocycles. The lowest BCUT2D eigenvalue weighted by molar-refractivity contribution is -0.149. The third-order valence-corrected chi connectivity index (χ3v) is 8.90. The number of aliphatic hydroxyl groups is 1. The van der Waals surface area contributed by atoms with E-state index in [9.17, 15) is 19.5 Å². The third-order valence-electron chi connectivity index (χ3n) is 8.65. The highest BCUT2D eigenvalue weighted by atomic mass is 35.5. The van der Waals surface area contributed by atoms with Gasteiger partial charge in [-0.1, -0.05) is 55.8 Å². The molecule has 3 heterocycles. The standard InChI is InChI=1S/C29H34ClN3O5/c1-3-21(17-34)33-24(26(36)32-20-12-10-19(30)11-13-20)29-15-14-28(4-2,38-29)22(23(29)27(33)37)25(35)31-16-18-8-6-5-7-9-18/h5-13,21-24,34H,3-4,14-17H2,1-2H3,(H,31,35)(H,32,36)/t21-,22-,23-,24?,28+,29?/m0/s1. The van der Waals surface area contributed by atoms with Gasteiger partial charge < -0.3 is 25.4 Å². The molecule has 6 atom stereocenters. The van der Waals surface area contributed by atoms with Gasteiger partial charge in [-0.15, -0.1) is 0 Å². The SMILES string of the molecule is CC[C@@H](CO)N1C(=O)[C@@H]2[C@@H](C(=O)NCc3ccccc3)[C@@]3(CC)CCC2(O3)C1C(=O)Nc1ccc(Cl)cc1. The van der Waals surface area contributed by atoms with Crippen LogP contribution >= 0.6 is 11.6 Å². The fourth-order valence-corrected chi connectivity index (χ4v) is 6.93. The maximum absolute atomic E-state index is 14.1. The van der Waals surface area contributed by atoms with E-state index in [4.69, 9.17) is 16.3 Å². The largest absolute Gasteiger partial charge is 0.394 e. The quantitative estimate of drug-likeness (QED) is 0.452. The molecule has 0 radical (unpaired) electrons. The summed E-state index contributed by atoms with van der Waals surface area (Å²) >= 11 is 6.01. The molecule has 5 rings (SSSR count). The van der Waals surface area contributed by atoms with Crippen LogP contribution in [-0.2, 0) is 25.7 Å². The maximum Gasteiger partial charge on any atom is 0.250 e. The highest BCUT2D eigenvalue weighted by Crippen LogP contribution is 2.64. The van der Waals surface area contributed by atoms with Gasteiger partial charge in [-0.05, 0) is 55.5 Å². The maximum atomic E-state index is 14.1. The lowest BCUT2D eigenvalue weighted by Gasteiger charge is -2.37.